The lowest BCUT2D eigenvalue weighted by Crippen LogP contribution is -2.07. The van der Waals surface area contributed by atoms with Gasteiger partial charge in [0.2, 0.25) is 0 Å². The van der Waals surface area contributed by atoms with Crippen molar-refractivity contribution in [2.75, 3.05) is 7.11 Å². The average Bonchev–Trinajstić information content (AvgIpc) is 2.41. The minimum absolute atomic E-state index is 0.605. The van der Waals surface area contributed by atoms with Crippen LogP contribution < -0.4 is 0 Å². The molecule has 0 N–H and O–H groups in total. The van der Waals surface area contributed by atoms with Crippen LogP contribution in [-0.2, 0) is 4.74 Å². The first kappa shape index (κ1) is 14.0. The van der Waals surface area contributed by atoms with E-state index in [0.29, 0.717) is 0 Å². The van der Waals surface area contributed by atoms with Gasteiger partial charge in [-0.25, -0.2) is 22.4 Å². The summed E-state index contributed by atoms with van der Waals surface area (Å²) in [6, 6.07) is 4.38. The number of methoxy groups -OCH3 is 1. The fourth-order valence-electron chi connectivity index (χ4n) is 1.79. The van der Waals surface area contributed by atoms with E-state index in [9.17, 15) is 22.4 Å². The number of rotatable bonds is 2. The minimum Gasteiger partial charge on any atom is -0.465 e. The van der Waals surface area contributed by atoms with Crippen LogP contribution in [0.25, 0.3) is 11.1 Å². The molecular weight excluding hydrogens is 276 g/mol. The normalized spacial score (nSPS) is 10.4. The molecule has 0 spiro atoms. The molecule has 0 aromatic heterocycles. The Kier molecular flexibility index (Phi) is 3.74. The maximum absolute atomic E-state index is 14.1. The van der Waals surface area contributed by atoms with Gasteiger partial charge < -0.3 is 4.74 Å². The summed E-state index contributed by atoms with van der Waals surface area (Å²) < 4.78 is 59.4. The van der Waals surface area contributed by atoms with Gasteiger partial charge in [0.05, 0.1) is 23.8 Å². The van der Waals surface area contributed by atoms with Gasteiger partial charge in [0.15, 0.2) is 0 Å². The van der Waals surface area contributed by atoms with Crippen molar-refractivity contribution in [1.29, 1.82) is 0 Å². The summed E-state index contributed by atoms with van der Waals surface area (Å²) in [7, 11) is 1.01. The zero-order valence-corrected chi connectivity index (χ0v) is 10.2. The molecule has 0 radical (unpaired) electrons. The maximum Gasteiger partial charge on any atom is 0.340 e. The molecule has 0 saturated carbocycles. The van der Waals surface area contributed by atoms with Crippen LogP contribution in [0.4, 0.5) is 17.6 Å². The standard InChI is InChI=1S/C14H8F4O2/c1-20-14(19)7-5-6-10(17)12(13(7)18)11-8(15)3-2-4-9(11)16/h2-6H,1H3. The van der Waals surface area contributed by atoms with Crippen molar-refractivity contribution >= 4 is 5.97 Å². The lowest BCUT2D eigenvalue weighted by Gasteiger charge is -2.10. The highest BCUT2D eigenvalue weighted by molar-refractivity contribution is 5.91. The molecule has 104 valence electrons. The van der Waals surface area contributed by atoms with Crippen molar-refractivity contribution in [2.24, 2.45) is 0 Å². The van der Waals surface area contributed by atoms with Crippen molar-refractivity contribution < 1.29 is 27.1 Å². The topological polar surface area (TPSA) is 26.3 Å². The highest BCUT2D eigenvalue weighted by atomic mass is 19.1. The lowest BCUT2D eigenvalue weighted by molar-refractivity contribution is 0.0595. The fourth-order valence-corrected chi connectivity index (χ4v) is 1.79. The molecular formula is C14H8F4O2. The second kappa shape index (κ2) is 5.32. The lowest BCUT2D eigenvalue weighted by atomic mass is 10.00. The third-order valence-electron chi connectivity index (χ3n) is 2.71. The number of carbonyl (C=O) groups is 1. The molecule has 6 heteroatoms. The first-order valence-corrected chi connectivity index (χ1v) is 5.48. The van der Waals surface area contributed by atoms with Crippen LogP contribution in [0.5, 0.6) is 0 Å². The Bertz CT molecular complexity index is 663. The van der Waals surface area contributed by atoms with Crippen LogP contribution in [0.2, 0.25) is 0 Å². The van der Waals surface area contributed by atoms with Gasteiger partial charge in [-0.2, -0.15) is 0 Å². The summed E-state index contributed by atoms with van der Waals surface area (Å²) in [5.41, 5.74) is -2.41. The molecule has 0 fully saturated rings. The van der Waals surface area contributed by atoms with Crippen molar-refractivity contribution in [3.63, 3.8) is 0 Å². The van der Waals surface area contributed by atoms with E-state index in [1.807, 2.05) is 0 Å². The zero-order valence-electron chi connectivity index (χ0n) is 10.2. The summed E-state index contributed by atoms with van der Waals surface area (Å²) in [5, 5.41) is 0. The predicted octanol–water partition coefficient (Wildman–Crippen LogP) is 3.70. The van der Waals surface area contributed by atoms with E-state index in [1.54, 1.807) is 0 Å². The minimum atomic E-state index is -1.37. The molecule has 2 rings (SSSR count). The average molecular weight is 284 g/mol. The Morgan fingerprint density at radius 1 is 0.900 bits per heavy atom. The Hall–Kier alpha value is -2.37. The molecule has 2 aromatic rings. The van der Waals surface area contributed by atoms with Crippen LogP contribution in [0, 0.1) is 23.3 Å². The van der Waals surface area contributed by atoms with Crippen LogP contribution in [0.1, 0.15) is 10.4 Å². The number of hydrogen-bond acceptors (Lipinski definition) is 2. The van der Waals surface area contributed by atoms with E-state index in [-0.39, 0.29) is 0 Å². The first-order valence-electron chi connectivity index (χ1n) is 5.48. The molecule has 2 nitrogen and oxygen atoms in total. The van der Waals surface area contributed by atoms with Gasteiger partial charge in [-0.05, 0) is 24.3 Å². The molecule has 20 heavy (non-hydrogen) atoms. The zero-order chi connectivity index (χ0) is 14.9. The van der Waals surface area contributed by atoms with Crippen molar-refractivity contribution in [2.45, 2.75) is 0 Å². The van der Waals surface area contributed by atoms with Gasteiger partial charge in [0.25, 0.3) is 0 Å². The summed E-state index contributed by atoms with van der Waals surface area (Å²) in [6.07, 6.45) is 0. The van der Waals surface area contributed by atoms with Crippen LogP contribution >= 0.6 is 0 Å². The number of halogens is 4. The predicted molar refractivity (Wildman–Crippen MR) is 63.0 cm³/mol. The van der Waals surface area contributed by atoms with Gasteiger partial charge in [-0.15, -0.1) is 0 Å². The monoisotopic (exact) mass is 284 g/mol. The second-order valence-corrected chi connectivity index (χ2v) is 3.87. The molecule has 2 aromatic carbocycles. The third kappa shape index (κ3) is 2.24. The SMILES string of the molecule is COC(=O)c1ccc(F)c(-c2c(F)cccc2F)c1F. The molecule has 0 heterocycles. The van der Waals surface area contributed by atoms with E-state index in [0.717, 1.165) is 37.4 Å². The summed E-state index contributed by atoms with van der Waals surface area (Å²) in [6.45, 7) is 0. The Balaban J connectivity index is 2.77. The van der Waals surface area contributed by atoms with E-state index in [2.05, 4.69) is 4.74 Å². The maximum atomic E-state index is 14.1. The van der Waals surface area contributed by atoms with E-state index in [1.165, 1.54) is 0 Å². The Morgan fingerprint density at radius 2 is 1.45 bits per heavy atom. The van der Waals surface area contributed by atoms with Gasteiger partial charge in [0.1, 0.15) is 23.3 Å². The number of benzene rings is 2. The van der Waals surface area contributed by atoms with Crippen LogP contribution in [-0.4, -0.2) is 13.1 Å². The fraction of sp³-hybridized carbons (Fsp3) is 0.0714. The van der Waals surface area contributed by atoms with Crippen LogP contribution in [0.15, 0.2) is 30.3 Å². The number of esters is 1. The van der Waals surface area contributed by atoms with E-state index in [4.69, 9.17) is 0 Å². The summed E-state index contributed by atoms with van der Waals surface area (Å²) >= 11 is 0. The molecule has 0 unspecified atom stereocenters. The molecule has 0 amide bonds. The smallest absolute Gasteiger partial charge is 0.340 e. The van der Waals surface area contributed by atoms with Gasteiger partial charge >= 0.3 is 5.97 Å². The van der Waals surface area contributed by atoms with Crippen molar-refractivity contribution in [1.82, 2.24) is 0 Å². The third-order valence-corrected chi connectivity index (χ3v) is 2.71. The highest BCUT2D eigenvalue weighted by Crippen LogP contribution is 2.32. The van der Waals surface area contributed by atoms with E-state index < -0.39 is 45.9 Å². The molecule has 0 atom stereocenters. The highest BCUT2D eigenvalue weighted by Gasteiger charge is 2.24. The number of hydrogen-bond donors (Lipinski definition) is 0. The number of ether oxygens (including phenoxy) is 1. The molecule has 0 aliphatic heterocycles. The first-order chi connectivity index (χ1) is 9.47. The van der Waals surface area contributed by atoms with E-state index >= 15 is 0 Å². The molecule has 0 saturated heterocycles. The number of carbonyl (C=O) groups excluding carboxylic acids is 1. The molecule has 0 aliphatic rings. The van der Waals surface area contributed by atoms with Gasteiger partial charge in [-0.1, -0.05) is 6.07 Å². The second-order valence-electron chi connectivity index (χ2n) is 3.87. The van der Waals surface area contributed by atoms with Crippen molar-refractivity contribution in [3.05, 3.63) is 59.2 Å². The molecule has 0 bridgehead atoms. The van der Waals surface area contributed by atoms with Gasteiger partial charge in [-0.3, -0.25) is 0 Å². The Labute approximate surface area is 111 Å². The summed E-state index contributed by atoms with van der Waals surface area (Å²) in [4.78, 5) is 11.3. The van der Waals surface area contributed by atoms with Crippen LogP contribution in [0.3, 0.4) is 0 Å². The van der Waals surface area contributed by atoms with Crippen molar-refractivity contribution in [3.8, 4) is 11.1 Å². The largest absolute Gasteiger partial charge is 0.465 e. The van der Waals surface area contributed by atoms with Gasteiger partial charge in [0, 0.05) is 0 Å². The Morgan fingerprint density at radius 3 is 2.00 bits per heavy atom. The molecule has 0 aliphatic carbocycles. The quantitative estimate of drug-likeness (QED) is 0.621. The summed E-state index contributed by atoms with van der Waals surface area (Å²) in [5.74, 6) is -5.89.